The second-order valence-corrected chi connectivity index (χ2v) is 2.98. The van der Waals surface area contributed by atoms with E-state index in [4.69, 9.17) is 4.42 Å². The van der Waals surface area contributed by atoms with Gasteiger partial charge >= 0.3 is 5.76 Å². The molecule has 0 atom stereocenters. The van der Waals surface area contributed by atoms with Crippen molar-refractivity contribution in [3.05, 3.63) is 33.2 Å². The molecule has 0 saturated heterocycles. The van der Waals surface area contributed by atoms with Gasteiger partial charge < -0.3 is 4.42 Å². The van der Waals surface area contributed by atoms with Gasteiger partial charge in [-0.1, -0.05) is 6.07 Å². The van der Waals surface area contributed by atoms with Crippen LogP contribution in [0.2, 0.25) is 0 Å². The predicted molar refractivity (Wildman–Crippen MR) is 44.5 cm³/mol. The van der Waals surface area contributed by atoms with E-state index in [0.29, 0.717) is 11.1 Å². The maximum atomic E-state index is 10.7. The van der Waals surface area contributed by atoms with E-state index < -0.39 is 5.76 Å². The van der Waals surface area contributed by atoms with Gasteiger partial charge in [-0.15, -0.1) is 0 Å². The average Bonchev–Trinajstić information content (AvgIpc) is 2.31. The molecule has 0 aliphatic carbocycles. The molecule has 1 aromatic heterocycles. The molecule has 0 amide bonds. The van der Waals surface area contributed by atoms with Crippen molar-refractivity contribution >= 4 is 27.0 Å². The lowest BCUT2D eigenvalue weighted by Gasteiger charge is -1.87. The molecule has 0 radical (unpaired) electrons. The number of aromatic nitrogens is 1. The third-order valence-corrected chi connectivity index (χ3v) is 2.07. The zero-order valence-corrected chi connectivity index (χ0v) is 7.01. The Hall–Kier alpha value is -1.03. The largest absolute Gasteiger partial charge is 0.417 e. The van der Waals surface area contributed by atoms with Gasteiger partial charge in [0, 0.05) is 4.47 Å². The van der Waals surface area contributed by atoms with Crippen LogP contribution in [0.15, 0.2) is 31.9 Å². The monoisotopic (exact) mass is 213 g/mol. The highest BCUT2D eigenvalue weighted by atomic mass is 79.9. The molecule has 0 fully saturated rings. The Kier molecular flexibility index (Phi) is 1.35. The predicted octanol–water partition coefficient (Wildman–Crippen LogP) is 1.88. The average molecular weight is 214 g/mol. The first-order valence-corrected chi connectivity index (χ1v) is 3.84. The van der Waals surface area contributed by atoms with Crippen molar-refractivity contribution in [2.45, 2.75) is 0 Å². The lowest BCUT2D eigenvalue weighted by molar-refractivity contribution is 0.555. The van der Waals surface area contributed by atoms with Crippen molar-refractivity contribution in [1.82, 2.24) is 4.98 Å². The minimum atomic E-state index is -0.424. The molecule has 56 valence electrons. The van der Waals surface area contributed by atoms with E-state index in [2.05, 4.69) is 20.9 Å². The van der Waals surface area contributed by atoms with Crippen LogP contribution in [0.25, 0.3) is 11.1 Å². The maximum absolute atomic E-state index is 10.7. The van der Waals surface area contributed by atoms with Crippen LogP contribution in [0.3, 0.4) is 0 Å². The molecular formula is C7H4BrNO2. The highest BCUT2D eigenvalue weighted by Crippen LogP contribution is 2.19. The molecule has 1 N–H and O–H groups in total. The summed E-state index contributed by atoms with van der Waals surface area (Å²) in [4.78, 5) is 13.3. The zero-order valence-electron chi connectivity index (χ0n) is 5.43. The standard InChI is InChI=1S/C7H4BrNO2/c8-4-2-1-3-5-6(4)9-7(10)11-5/h1-3H,(H,9,10). The number of benzene rings is 1. The van der Waals surface area contributed by atoms with Crippen LogP contribution < -0.4 is 5.76 Å². The van der Waals surface area contributed by atoms with Crippen LogP contribution in [-0.2, 0) is 0 Å². The number of hydrogen-bond donors (Lipinski definition) is 1. The number of halogens is 1. The van der Waals surface area contributed by atoms with Gasteiger partial charge in [0.25, 0.3) is 0 Å². The van der Waals surface area contributed by atoms with Gasteiger partial charge in [0.05, 0.1) is 0 Å². The van der Waals surface area contributed by atoms with Gasteiger partial charge in [0.15, 0.2) is 5.58 Å². The molecule has 0 unspecified atom stereocenters. The first kappa shape index (κ1) is 6.67. The van der Waals surface area contributed by atoms with Crippen molar-refractivity contribution in [2.24, 2.45) is 0 Å². The van der Waals surface area contributed by atoms with E-state index in [1.54, 1.807) is 6.07 Å². The Morgan fingerprint density at radius 1 is 1.45 bits per heavy atom. The molecule has 1 heterocycles. The van der Waals surface area contributed by atoms with Crippen LogP contribution in [0.4, 0.5) is 0 Å². The molecule has 2 rings (SSSR count). The summed E-state index contributed by atoms with van der Waals surface area (Å²) in [6, 6.07) is 5.38. The van der Waals surface area contributed by atoms with E-state index in [1.807, 2.05) is 12.1 Å². The number of hydrogen-bond acceptors (Lipinski definition) is 2. The fourth-order valence-corrected chi connectivity index (χ4v) is 1.39. The Balaban J connectivity index is 3.01. The molecule has 0 aliphatic heterocycles. The summed E-state index contributed by atoms with van der Waals surface area (Å²) in [5, 5.41) is 0. The Labute approximate surface area is 70.2 Å². The summed E-state index contributed by atoms with van der Waals surface area (Å²) in [7, 11) is 0. The minimum Gasteiger partial charge on any atom is -0.408 e. The third-order valence-electron chi connectivity index (χ3n) is 1.41. The molecule has 3 nitrogen and oxygen atoms in total. The molecule has 0 bridgehead atoms. The number of fused-ring (bicyclic) bond motifs is 1. The second-order valence-electron chi connectivity index (χ2n) is 2.13. The SMILES string of the molecule is O=c1[nH]c2c(Br)cccc2o1. The highest BCUT2D eigenvalue weighted by molar-refractivity contribution is 9.10. The van der Waals surface area contributed by atoms with Gasteiger partial charge in [-0.3, -0.25) is 4.98 Å². The number of aromatic amines is 1. The first-order chi connectivity index (χ1) is 5.27. The summed E-state index contributed by atoms with van der Waals surface area (Å²) >= 11 is 3.28. The highest BCUT2D eigenvalue weighted by Gasteiger charge is 2.01. The van der Waals surface area contributed by atoms with Crippen LogP contribution in [-0.4, -0.2) is 4.98 Å². The normalized spacial score (nSPS) is 10.6. The van der Waals surface area contributed by atoms with Crippen molar-refractivity contribution in [3.63, 3.8) is 0 Å². The fourth-order valence-electron chi connectivity index (χ4n) is 0.938. The quantitative estimate of drug-likeness (QED) is 0.727. The van der Waals surface area contributed by atoms with Gasteiger partial charge in [0.1, 0.15) is 5.52 Å². The van der Waals surface area contributed by atoms with Gasteiger partial charge in [-0.05, 0) is 28.1 Å². The number of H-pyrrole nitrogens is 1. The fraction of sp³-hybridized carbons (Fsp3) is 0. The van der Waals surface area contributed by atoms with Crippen LogP contribution >= 0.6 is 15.9 Å². The summed E-state index contributed by atoms with van der Waals surface area (Å²) in [5.41, 5.74) is 1.28. The lowest BCUT2D eigenvalue weighted by Crippen LogP contribution is -1.93. The zero-order chi connectivity index (χ0) is 7.84. The summed E-state index contributed by atoms with van der Waals surface area (Å²) in [6.45, 7) is 0. The maximum Gasteiger partial charge on any atom is 0.417 e. The van der Waals surface area contributed by atoms with E-state index >= 15 is 0 Å². The van der Waals surface area contributed by atoms with Crippen molar-refractivity contribution in [1.29, 1.82) is 0 Å². The molecule has 1 aromatic carbocycles. The number of oxazole rings is 1. The van der Waals surface area contributed by atoms with Crippen molar-refractivity contribution < 1.29 is 4.42 Å². The Bertz CT molecular complexity index is 443. The molecule has 11 heavy (non-hydrogen) atoms. The summed E-state index contributed by atoms with van der Waals surface area (Å²) in [6.07, 6.45) is 0. The molecule has 2 aromatic rings. The third kappa shape index (κ3) is 0.991. The molecule has 0 spiro atoms. The topological polar surface area (TPSA) is 46.0 Å². The molecule has 0 aliphatic rings. The lowest BCUT2D eigenvalue weighted by atomic mass is 10.3. The Morgan fingerprint density at radius 3 is 3.00 bits per heavy atom. The summed E-state index contributed by atoms with van der Waals surface area (Å²) < 4.78 is 5.64. The second kappa shape index (κ2) is 2.23. The van der Waals surface area contributed by atoms with E-state index in [9.17, 15) is 4.79 Å². The molecule has 0 saturated carbocycles. The van der Waals surface area contributed by atoms with E-state index in [1.165, 1.54) is 0 Å². The number of para-hydroxylation sites is 1. The van der Waals surface area contributed by atoms with E-state index in [0.717, 1.165) is 4.47 Å². The van der Waals surface area contributed by atoms with Crippen LogP contribution in [0, 0.1) is 0 Å². The number of rotatable bonds is 0. The van der Waals surface area contributed by atoms with Gasteiger partial charge in [0.2, 0.25) is 0 Å². The van der Waals surface area contributed by atoms with Crippen molar-refractivity contribution in [2.75, 3.05) is 0 Å². The van der Waals surface area contributed by atoms with Gasteiger partial charge in [-0.25, -0.2) is 4.79 Å². The minimum absolute atomic E-state index is 0.424. The smallest absolute Gasteiger partial charge is 0.408 e. The number of nitrogens with one attached hydrogen (secondary N) is 1. The van der Waals surface area contributed by atoms with Gasteiger partial charge in [-0.2, -0.15) is 0 Å². The summed E-state index contributed by atoms with van der Waals surface area (Å²) in [5.74, 6) is -0.424. The van der Waals surface area contributed by atoms with E-state index in [-0.39, 0.29) is 0 Å². The molecule has 4 heteroatoms. The van der Waals surface area contributed by atoms with Crippen LogP contribution in [0.1, 0.15) is 0 Å². The first-order valence-electron chi connectivity index (χ1n) is 3.05. The van der Waals surface area contributed by atoms with Crippen molar-refractivity contribution in [3.8, 4) is 0 Å². The van der Waals surface area contributed by atoms with Crippen LogP contribution in [0.5, 0.6) is 0 Å². The molecular weight excluding hydrogens is 210 g/mol. The Morgan fingerprint density at radius 2 is 2.27 bits per heavy atom.